The number of hydrogen-bond donors (Lipinski definition) is 0. The van der Waals surface area contributed by atoms with Crippen LogP contribution < -0.4 is 0 Å². The second-order valence-corrected chi connectivity index (χ2v) is 4.37. The molecule has 4 heteroatoms. The SMILES string of the molecule is CC(C)c1c(F)cc(-c2nccn2C)cc1F. The summed E-state index contributed by atoms with van der Waals surface area (Å²) in [6, 6.07) is 2.67. The van der Waals surface area contributed by atoms with Crippen molar-refractivity contribution in [3.63, 3.8) is 0 Å². The first-order chi connectivity index (χ1) is 8.00. The van der Waals surface area contributed by atoms with E-state index < -0.39 is 11.6 Å². The average molecular weight is 236 g/mol. The maximum absolute atomic E-state index is 13.8. The first-order valence-electron chi connectivity index (χ1n) is 5.47. The first-order valence-corrected chi connectivity index (χ1v) is 5.47. The van der Waals surface area contributed by atoms with Crippen LogP contribution in [-0.2, 0) is 7.05 Å². The third-order valence-corrected chi connectivity index (χ3v) is 2.74. The van der Waals surface area contributed by atoms with E-state index in [1.165, 1.54) is 12.1 Å². The van der Waals surface area contributed by atoms with E-state index in [2.05, 4.69) is 4.98 Å². The lowest BCUT2D eigenvalue weighted by molar-refractivity contribution is 0.542. The van der Waals surface area contributed by atoms with Crippen LogP contribution in [0.3, 0.4) is 0 Å². The fourth-order valence-corrected chi connectivity index (χ4v) is 1.91. The van der Waals surface area contributed by atoms with E-state index in [0.717, 1.165) is 0 Å². The summed E-state index contributed by atoms with van der Waals surface area (Å²) in [4.78, 5) is 4.07. The van der Waals surface area contributed by atoms with Crippen LogP contribution in [0.25, 0.3) is 11.4 Å². The number of rotatable bonds is 2. The van der Waals surface area contributed by atoms with E-state index >= 15 is 0 Å². The van der Waals surface area contributed by atoms with Crippen molar-refractivity contribution in [1.29, 1.82) is 0 Å². The zero-order valence-electron chi connectivity index (χ0n) is 10.0. The predicted molar refractivity (Wildman–Crippen MR) is 62.6 cm³/mol. The number of benzene rings is 1. The van der Waals surface area contributed by atoms with Gasteiger partial charge in [0.2, 0.25) is 0 Å². The molecule has 2 rings (SSSR count). The molecule has 0 aliphatic rings. The molecule has 2 nitrogen and oxygen atoms in total. The van der Waals surface area contributed by atoms with Crippen LogP contribution in [0.4, 0.5) is 8.78 Å². The van der Waals surface area contributed by atoms with Crippen molar-refractivity contribution in [3.05, 3.63) is 41.7 Å². The van der Waals surface area contributed by atoms with Gasteiger partial charge in [0.15, 0.2) is 0 Å². The smallest absolute Gasteiger partial charge is 0.139 e. The molecule has 1 aromatic carbocycles. The molecule has 0 N–H and O–H groups in total. The number of hydrogen-bond acceptors (Lipinski definition) is 1. The third kappa shape index (κ3) is 2.07. The maximum Gasteiger partial charge on any atom is 0.139 e. The first kappa shape index (κ1) is 11.8. The fourth-order valence-electron chi connectivity index (χ4n) is 1.91. The van der Waals surface area contributed by atoms with Gasteiger partial charge in [-0.3, -0.25) is 0 Å². The minimum Gasteiger partial charge on any atom is -0.334 e. The highest BCUT2D eigenvalue weighted by atomic mass is 19.1. The molecule has 1 aromatic heterocycles. The molecule has 0 amide bonds. The van der Waals surface area contributed by atoms with Gasteiger partial charge in [-0.05, 0) is 18.1 Å². The van der Waals surface area contributed by atoms with Gasteiger partial charge in [-0.25, -0.2) is 13.8 Å². The van der Waals surface area contributed by atoms with Gasteiger partial charge in [0.1, 0.15) is 17.5 Å². The van der Waals surface area contributed by atoms with Gasteiger partial charge in [-0.15, -0.1) is 0 Å². The number of nitrogens with zero attached hydrogens (tertiary/aromatic N) is 2. The zero-order chi connectivity index (χ0) is 12.6. The molecule has 0 atom stereocenters. The monoisotopic (exact) mass is 236 g/mol. The van der Waals surface area contributed by atoms with Gasteiger partial charge >= 0.3 is 0 Å². The van der Waals surface area contributed by atoms with Crippen molar-refractivity contribution in [2.45, 2.75) is 19.8 Å². The topological polar surface area (TPSA) is 17.8 Å². The van der Waals surface area contributed by atoms with E-state index in [9.17, 15) is 8.78 Å². The Morgan fingerprint density at radius 3 is 2.18 bits per heavy atom. The molecule has 0 saturated heterocycles. The van der Waals surface area contributed by atoms with E-state index in [1.54, 1.807) is 37.9 Å². The molecule has 2 aromatic rings. The van der Waals surface area contributed by atoms with Crippen molar-refractivity contribution < 1.29 is 8.78 Å². The van der Waals surface area contributed by atoms with Crippen LogP contribution in [0.5, 0.6) is 0 Å². The molecule has 1 heterocycles. The Bertz CT molecular complexity index is 521. The van der Waals surface area contributed by atoms with E-state index in [0.29, 0.717) is 11.4 Å². The molecule has 90 valence electrons. The van der Waals surface area contributed by atoms with Crippen LogP contribution in [-0.4, -0.2) is 9.55 Å². The van der Waals surface area contributed by atoms with E-state index in [1.807, 2.05) is 0 Å². The molecular formula is C13H14F2N2. The van der Waals surface area contributed by atoms with Crippen molar-refractivity contribution in [3.8, 4) is 11.4 Å². The normalized spacial score (nSPS) is 11.2. The highest BCUT2D eigenvalue weighted by Gasteiger charge is 2.16. The lowest BCUT2D eigenvalue weighted by Gasteiger charge is -2.10. The van der Waals surface area contributed by atoms with Crippen LogP contribution in [0.15, 0.2) is 24.5 Å². The van der Waals surface area contributed by atoms with Crippen molar-refractivity contribution in [1.82, 2.24) is 9.55 Å². The Morgan fingerprint density at radius 2 is 1.76 bits per heavy atom. The standard InChI is InChI=1S/C13H14F2N2/c1-8(2)12-10(14)6-9(7-11(12)15)13-16-4-5-17(13)3/h4-8H,1-3H3. The summed E-state index contributed by atoms with van der Waals surface area (Å²) in [5.74, 6) is -0.653. The van der Waals surface area contributed by atoms with Gasteiger partial charge in [0.25, 0.3) is 0 Å². The second-order valence-electron chi connectivity index (χ2n) is 4.37. The molecule has 0 radical (unpaired) electrons. The number of aryl methyl sites for hydroxylation is 1. The Hall–Kier alpha value is -1.71. The average Bonchev–Trinajstić information content (AvgIpc) is 2.62. The van der Waals surface area contributed by atoms with Gasteiger partial charge in [-0.2, -0.15) is 0 Å². The molecule has 0 bridgehead atoms. The minimum atomic E-state index is -0.516. The Morgan fingerprint density at radius 1 is 1.18 bits per heavy atom. The van der Waals surface area contributed by atoms with Crippen molar-refractivity contribution in [2.24, 2.45) is 7.05 Å². The summed E-state index contributed by atoms with van der Waals surface area (Å²) in [6.07, 6.45) is 3.34. The largest absolute Gasteiger partial charge is 0.334 e. The maximum atomic E-state index is 13.8. The van der Waals surface area contributed by atoms with Crippen molar-refractivity contribution >= 4 is 0 Å². The van der Waals surface area contributed by atoms with E-state index in [4.69, 9.17) is 0 Å². The number of aromatic nitrogens is 2. The second kappa shape index (κ2) is 4.28. The number of imidazole rings is 1. The van der Waals surface area contributed by atoms with Crippen LogP contribution >= 0.6 is 0 Å². The minimum absolute atomic E-state index is 0.128. The molecule has 0 aliphatic heterocycles. The molecule has 0 spiro atoms. The molecule has 17 heavy (non-hydrogen) atoms. The highest BCUT2D eigenvalue weighted by molar-refractivity contribution is 5.57. The van der Waals surface area contributed by atoms with Gasteiger partial charge in [0.05, 0.1) is 0 Å². The molecular weight excluding hydrogens is 222 g/mol. The van der Waals surface area contributed by atoms with Crippen LogP contribution in [0, 0.1) is 11.6 Å². The summed E-state index contributed by atoms with van der Waals surface area (Å²) in [5, 5.41) is 0. The lowest BCUT2D eigenvalue weighted by atomic mass is 10.00. The van der Waals surface area contributed by atoms with Crippen LogP contribution in [0.2, 0.25) is 0 Å². The molecule has 0 saturated carbocycles. The molecule has 0 unspecified atom stereocenters. The molecule has 0 fully saturated rings. The van der Waals surface area contributed by atoms with Crippen molar-refractivity contribution in [2.75, 3.05) is 0 Å². The van der Waals surface area contributed by atoms with Gasteiger partial charge in [0, 0.05) is 30.6 Å². The summed E-state index contributed by atoms with van der Waals surface area (Å²) in [7, 11) is 1.79. The summed E-state index contributed by atoms with van der Waals surface area (Å²) >= 11 is 0. The predicted octanol–water partition coefficient (Wildman–Crippen LogP) is 3.49. The zero-order valence-corrected chi connectivity index (χ0v) is 10.0. The van der Waals surface area contributed by atoms with E-state index in [-0.39, 0.29) is 11.5 Å². The fraction of sp³-hybridized carbons (Fsp3) is 0.308. The van der Waals surface area contributed by atoms with Gasteiger partial charge in [-0.1, -0.05) is 13.8 Å². The molecule has 0 aliphatic carbocycles. The summed E-state index contributed by atoms with van der Waals surface area (Å²) in [6.45, 7) is 3.53. The Balaban J connectivity index is 2.57. The van der Waals surface area contributed by atoms with Gasteiger partial charge < -0.3 is 4.57 Å². The lowest BCUT2D eigenvalue weighted by Crippen LogP contribution is -2.00. The number of halogens is 2. The summed E-state index contributed by atoms with van der Waals surface area (Å²) in [5.41, 5.74) is 0.583. The third-order valence-electron chi connectivity index (χ3n) is 2.74. The Labute approximate surface area is 98.9 Å². The Kier molecular flexibility index (Phi) is 2.96. The summed E-state index contributed by atoms with van der Waals surface area (Å²) < 4.78 is 29.3. The highest BCUT2D eigenvalue weighted by Crippen LogP contribution is 2.27. The van der Waals surface area contributed by atoms with Crippen LogP contribution in [0.1, 0.15) is 25.3 Å². The quantitative estimate of drug-likeness (QED) is 0.780.